The number of fused-ring (bicyclic) bond motifs is 1. The average molecular weight is 415 g/mol. The smallest absolute Gasteiger partial charge is 0.231 e. The molecular formula is C24H15ClN2OS. The van der Waals surface area contributed by atoms with Crippen molar-refractivity contribution in [3.63, 3.8) is 0 Å². The zero-order valence-corrected chi connectivity index (χ0v) is 16.8. The fraction of sp³-hybridized carbons (Fsp3) is 0. The molecule has 140 valence electrons. The highest BCUT2D eigenvalue weighted by Crippen LogP contribution is 2.44. The second-order valence-corrected chi connectivity index (χ2v) is 7.95. The van der Waals surface area contributed by atoms with Crippen molar-refractivity contribution >= 4 is 34.5 Å². The molecule has 0 aliphatic carbocycles. The fourth-order valence-corrected chi connectivity index (χ4v) is 4.28. The van der Waals surface area contributed by atoms with Gasteiger partial charge in [0, 0.05) is 21.0 Å². The maximum absolute atomic E-state index is 6.25. The molecule has 0 fully saturated rings. The van der Waals surface area contributed by atoms with E-state index in [1.807, 2.05) is 72.8 Å². The van der Waals surface area contributed by atoms with Crippen molar-refractivity contribution in [1.82, 2.24) is 9.97 Å². The van der Waals surface area contributed by atoms with E-state index in [4.69, 9.17) is 16.0 Å². The van der Waals surface area contributed by atoms with Gasteiger partial charge >= 0.3 is 0 Å². The molecule has 0 atom stereocenters. The van der Waals surface area contributed by atoms with Crippen molar-refractivity contribution in [2.24, 2.45) is 0 Å². The highest BCUT2D eigenvalue weighted by atomic mass is 35.5. The molecule has 0 unspecified atom stereocenters. The molecule has 0 amide bonds. The summed E-state index contributed by atoms with van der Waals surface area (Å²) in [6, 6.07) is 28.1. The quantitative estimate of drug-likeness (QED) is 0.288. The summed E-state index contributed by atoms with van der Waals surface area (Å²) in [5.74, 6) is 0.797. The van der Waals surface area contributed by atoms with Crippen molar-refractivity contribution in [2.45, 2.75) is 9.92 Å². The number of hydrogen-bond acceptors (Lipinski definition) is 4. The number of halogens is 1. The van der Waals surface area contributed by atoms with Crippen LogP contribution in [0, 0.1) is 0 Å². The minimum absolute atomic E-state index is 0.578. The summed E-state index contributed by atoms with van der Waals surface area (Å²) < 4.78 is 6.25. The van der Waals surface area contributed by atoms with Crippen molar-refractivity contribution in [3.05, 3.63) is 96.3 Å². The van der Waals surface area contributed by atoms with E-state index in [9.17, 15) is 0 Å². The average Bonchev–Trinajstić information content (AvgIpc) is 3.17. The van der Waals surface area contributed by atoms with Gasteiger partial charge in [0.2, 0.25) is 5.71 Å². The zero-order chi connectivity index (χ0) is 19.6. The molecule has 2 heterocycles. The summed E-state index contributed by atoms with van der Waals surface area (Å²) in [6.45, 7) is 0. The van der Waals surface area contributed by atoms with Gasteiger partial charge < -0.3 is 4.42 Å². The topological polar surface area (TPSA) is 38.9 Å². The van der Waals surface area contributed by atoms with Crippen molar-refractivity contribution in [3.8, 4) is 22.5 Å². The van der Waals surface area contributed by atoms with E-state index >= 15 is 0 Å². The molecule has 0 saturated heterocycles. The summed E-state index contributed by atoms with van der Waals surface area (Å²) in [5.41, 5.74) is 3.66. The maximum atomic E-state index is 6.25. The Morgan fingerprint density at radius 1 is 0.724 bits per heavy atom. The van der Waals surface area contributed by atoms with Crippen LogP contribution in [0.5, 0.6) is 0 Å². The number of furan rings is 1. The highest BCUT2D eigenvalue weighted by Gasteiger charge is 2.22. The second kappa shape index (κ2) is 7.74. The van der Waals surface area contributed by atoms with Crippen LogP contribution in [-0.2, 0) is 0 Å². The fourth-order valence-electron chi connectivity index (χ4n) is 3.27. The molecule has 0 bridgehead atoms. The Balaban J connectivity index is 1.76. The SMILES string of the molecule is Clc1ccc(Sc2ncnc3oc(-c4ccccc4)c(-c4ccccc4)c23)cc1. The van der Waals surface area contributed by atoms with Crippen LogP contribution in [0.25, 0.3) is 33.6 Å². The van der Waals surface area contributed by atoms with Gasteiger partial charge in [-0.25, -0.2) is 9.97 Å². The van der Waals surface area contributed by atoms with Gasteiger partial charge in [-0.15, -0.1) is 0 Å². The highest BCUT2D eigenvalue weighted by molar-refractivity contribution is 7.99. The van der Waals surface area contributed by atoms with Crippen LogP contribution in [0.4, 0.5) is 0 Å². The minimum Gasteiger partial charge on any atom is -0.437 e. The summed E-state index contributed by atoms with van der Waals surface area (Å²) in [7, 11) is 0. The Hall–Kier alpha value is -3.08. The lowest BCUT2D eigenvalue weighted by molar-refractivity contribution is 0.617. The lowest BCUT2D eigenvalue weighted by Crippen LogP contribution is -1.87. The van der Waals surface area contributed by atoms with Gasteiger partial charge in [-0.2, -0.15) is 0 Å². The number of nitrogens with zero attached hydrogens (tertiary/aromatic N) is 2. The normalized spacial score (nSPS) is 11.1. The Bertz CT molecular complexity index is 1270. The van der Waals surface area contributed by atoms with Crippen LogP contribution in [0.2, 0.25) is 5.02 Å². The summed E-state index contributed by atoms with van der Waals surface area (Å²) in [6.07, 6.45) is 1.55. The van der Waals surface area contributed by atoms with E-state index in [2.05, 4.69) is 22.1 Å². The molecule has 2 aromatic heterocycles. The van der Waals surface area contributed by atoms with Crippen LogP contribution in [-0.4, -0.2) is 9.97 Å². The van der Waals surface area contributed by atoms with Gasteiger partial charge in [-0.3, -0.25) is 0 Å². The summed E-state index contributed by atoms with van der Waals surface area (Å²) in [5, 5.41) is 2.47. The van der Waals surface area contributed by atoms with Gasteiger partial charge in [0.25, 0.3) is 0 Å². The van der Waals surface area contributed by atoms with Crippen LogP contribution >= 0.6 is 23.4 Å². The number of rotatable bonds is 4. The summed E-state index contributed by atoms with van der Waals surface area (Å²) >= 11 is 7.61. The van der Waals surface area contributed by atoms with E-state index in [-0.39, 0.29) is 0 Å². The van der Waals surface area contributed by atoms with Crippen LogP contribution in [0.3, 0.4) is 0 Å². The third kappa shape index (κ3) is 3.53. The third-order valence-electron chi connectivity index (χ3n) is 4.58. The first-order valence-electron chi connectivity index (χ1n) is 9.11. The Morgan fingerprint density at radius 3 is 2.07 bits per heavy atom. The first-order chi connectivity index (χ1) is 14.3. The molecule has 0 aliphatic rings. The maximum Gasteiger partial charge on any atom is 0.231 e. The number of hydrogen-bond donors (Lipinski definition) is 0. The predicted octanol–water partition coefficient (Wildman–Crippen LogP) is 7.36. The van der Waals surface area contributed by atoms with Crippen LogP contribution in [0.1, 0.15) is 0 Å². The molecular weight excluding hydrogens is 400 g/mol. The van der Waals surface area contributed by atoms with E-state index in [0.29, 0.717) is 10.7 Å². The van der Waals surface area contributed by atoms with Gasteiger partial charge in [0.1, 0.15) is 17.1 Å². The Morgan fingerprint density at radius 2 is 1.38 bits per heavy atom. The monoisotopic (exact) mass is 414 g/mol. The molecule has 3 aromatic carbocycles. The van der Waals surface area contributed by atoms with E-state index in [0.717, 1.165) is 37.8 Å². The van der Waals surface area contributed by atoms with Crippen LogP contribution in [0.15, 0.2) is 106 Å². The molecule has 5 rings (SSSR count). The van der Waals surface area contributed by atoms with E-state index in [1.165, 1.54) is 0 Å². The first kappa shape index (κ1) is 18.0. The molecule has 0 saturated carbocycles. The van der Waals surface area contributed by atoms with Crippen molar-refractivity contribution in [1.29, 1.82) is 0 Å². The number of aromatic nitrogens is 2. The molecule has 5 aromatic rings. The zero-order valence-electron chi connectivity index (χ0n) is 15.2. The lowest BCUT2D eigenvalue weighted by atomic mass is 10.00. The summed E-state index contributed by atoms with van der Waals surface area (Å²) in [4.78, 5) is 10.0. The van der Waals surface area contributed by atoms with E-state index in [1.54, 1.807) is 18.1 Å². The van der Waals surface area contributed by atoms with Gasteiger partial charge in [-0.05, 0) is 29.8 Å². The molecule has 0 spiro atoms. The predicted molar refractivity (Wildman–Crippen MR) is 118 cm³/mol. The van der Waals surface area contributed by atoms with Gasteiger partial charge in [0.05, 0.1) is 5.39 Å². The minimum atomic E-state index is 0.578. The standard InChI is InChI=1S/C24H15ClN2OS/c25-18-11-13-19(14-12-18)29-24-21-20(16-7-3-1-4-8-16)22(17-9-5-2-6-10-17)28-23(21)26-15-27-24/h1-15H. The van der Waals surface area contributed by atoms with E-state index < -0.39 is 0 Å². The number of benzene rings is 3. The van der Waals surface area contributed by atoms with Crippen LogP contribution < -0.4 is 0 Å². The lowest BCUT2D eigenvalue weighted by Gasteiger charge is -2.06. The molecule has 0 N–H and O–H groups in total. The molecule has 3 nitrogen and oxygen atoms in total. The molecule has 29 heavy (non-hydrogen) atoms. The largest absolute Gasteiger partial charge is 0.437 e. The van der Waals surface area contributed by atoms with Gasteiger partial charge in [0.15, 0.2) is 0 Å². The third-order valence-corrected chi connectivity index (χ3v) is 5.84. The van der Waals surface area contributed by atoms with Gasteiger partial charge in [-0.1, -0.05) is 84.0 Å². The Kier molecular flexibility index (Phi) is 4.80. The molecule has 0 aliphatic heterocycles. The first-order valence-corrected chi connectivity index (χ1v) is 10.3. The Labute approximate surface area is 177 Å². The molecule has 5 heteroatoms. The second-order valence-electron chi connectivity index (χ2n) is 6.45. The van der Waals surface area contributed by atoms with Crippen molar-refractivity contribution < 1.29 is 4.42 Å². The van der Waals surface area contributed by atoms with Crippen molar-refractivity contribution in [2.75, 3.05) is 0 Å². The molecule has 0 radical (unpaired) electrons.